The van der Waals surface area contributed by atoms with Gasteiger partial charge in [0.05, 0.1) is 4.90 Å². The fourth-order valence-electron chi connectivity index (χ4n) is 2.79. The molecule has 2 heterocycles. The molecule has 6 heteroatoms. The van der Waals surface area contributed by atoms with Crippen molar-refractivity contribution in [3.8, 4) is 0 Å². The Bertz CT molecular complexity index is 515. The van der Waals surface area contributed by atoms with E-state index in [0.717, 1.165) is 11.3 Å². The summed E-state index contributed by atoms with van der Waals surface area (Å²) in [6.45, 7) is 6.13. The first-order chi connectivity index (χ1) is 8.95. The summed E-state index contributed by atoms with van der Waals surface area (Å²) in [5.74, 6) is 0.870. The SMILES string of the molecule is CNCc1sccc1S(=O)(=O)N1CC(C)CC(C)C1. The molecule has 108 valence electrons. The van der Waals surface area contributed by atoms with E-state index in [2.05, 4.69) is 19.2 Å². The summed E-state index contributed by atoms with van der Waals surface area (Å²) < 4.78 is 27.1. The summed E-state index contributed by atoms with van der Waals surface area (Å²) >= 11 is 1.50. The highest BCUT2D eigenvalue weighted by Gasteiger charge is 2.33. The van der Waals surface area contributed by atoms with Crippen LogP contribution in [0.1, 0.15) is 25.1 Å². The Kier molecular flexibility index (Phi) is 4.66. The van der Waals surface area contributed by atoms with E-state index in [-0.39, 0.29) is 0 Å². The maximum atomic E-state index is 12.7. The number of rotatable bonds is 4. The smallest absolute Gasteiger partial charge is 0.244 e. The van der Waals surface area contributed by atoms with Gasteiger partial charge in [0.25, 0.3) is 0 Å². The molecule has 1 N–H and O–H groups in total. The lowest BCUT2D eigenvalue weighted by molar-refractivity contribution is 0.222. The van der Waals surface area contributed by atoms with Gasteiger partial charge >= 0.3 is 0 Å². The molecule has 1 aromatic rings. The van der Waals surface area contributed by atoms with E-state index >= 15 is 0 Å². The largest absolute Gasteiger partial charge is 0.315 e. The molecule has 0 bridgehead atoms. The molecule has 1 fully saturated rings. The molecule has 0 saturated carbocycles. The molecule has 0 spiro atoms. The molecule has 2 rings (SSSR count). The van der Waals surface area contributed by atoms with Gasteiger partial charge in [0.15, 0.2) is 0 Å². The number of thiophene rings is 1. The second kappa shape index (κ2) is 5.91. The zero-order chi connectivity index (χ0) is 14.0. The Morgan fingerprint density at radius 1 is 1.37 bits per heavy atom. The molecule has 1 aliphatic rings. The lowest BCUT2D eigenvalue weighted by Gasteiger charge is -2.34. The van der Waals surface area contributed by atoms with Gasteiger partial charge < -0.3 is 5.32 Å². The number of sulfonamides is 1. The number of piperidine rings is 1. The molecular weight excluding hydrogens is 280 g/mol. The van der Waals surface area contributed by atoms with Crippen molar-refractivity contribution in [1.29, 1.82) is 0 Å². The van der Waals surface area contributed by atoms with E-state index in [0.29, 0.717) is 36.4 Å². The van der Waals surface area contributed by atoms with Crippen molar-refractivity contribution < 1.29 is 8.42 Å². The van der Waals surface area contributed by atoms with Crippen LogP contribution in [0.4, 0.5) is 0 Å². The summed E-state index contributed by atoms with van der Waals surface area (Å²) in [6, 6.07) is 1.73. The van der Waals surface area contributed by atoms with Crippen molar-refractivity contribution >= 4 is 21.4 Å². The van der Waals surface area contributed by atoms with Gasteiger partial charge in [-0.05, 0) is 36.8 Å². The van der Waals surface area contributed by atoms with Crippen LogP contribution < -0.4 is 5.32 Å². The number of hydrogen-bond donors (Lipinski definition) is 1. The van der Waals surface area contributed by atoms with Gasteiger partial charge in [-0.1, -0.05) is 13.8 Å². The highest BCUT2D eigenvalue weighted by atomic mass is 32.2. The van der Waals surface area contributed by atoms with E-state index in [4.69, 9.17) is 0 Å². The first kappa shape index (κ1) is 15.0. The fourth-order valence-corrected chi connectivity index (χ4v) is 5.90. The summed E-state index contributed by atoms with van der Waals surface area (Å²) in [7, 11) is -1.50. The van der Waals surface area contributed by atoms with Gasteiger partial charge in [0.1, 0.15) is 0 Å². The quantitative estimate of drug-likeness (QED) is 0.927. The molecule has 2 unspecified atom stereocenters. The summed E-state index contributed by atoms with van der Waals surface area (Å²) in [5.41, 5.74) is 0. The Morgan fingerprint density at radius 2 is 2.00 bits per heavy atom. The number of nitrogens with one attached hydrogen (secondary N) is 1. The van der Waals surface area contributed by atoms with Crippen LogP contribution in [0.5, 0.6) is 0 Å². The summed E-state index contributed by atoms with van der Waals surface area (Å²) in [5, 5.41) is 4.89. The van der Waals surface area contributed by atoms with Crippen LogP contribution in [-0.2, 0) is 16.6 Å². The first-order valence-corrected chi connectivity index (χ1v) is 8.98. The Hall–Kier alpha value is -0.430. The topological polar surface area (TPSA) is 49.4 Å². The molecule has 2 atom stereocenters. The Morgan fingerprint density at radius 3 is 2.58 bits per heavy atom. The second-order valence-corrected chi connectivity index (χ2v) is 8.41. The number of hydrogen-bond acceptors (Lipinski definition) is 4. The molecule has 4 nitrogen and oxygen atoms in total. The van der Waals surface area contributed by atoms with Gasteiger partial charge in [-0.25, -0.2) is 8.42 Å². The van der Waals surface area contributed by atoms with Crippen LogP contribution in [0.15, 0.2) is 16.3 Å². The third kappa shape index (κ3) is 3.18. The molecule has 19 heavy (non-hydrogen) atoms. The average Bonchev–Trinajstić information content (AvgIpc) is 2.77. The normalized spacial score (nSPS) is 25.6. The van der Waals surface area contributed by atoms with Crippen molar-refractivity contribution in [3.63, 3.8) is 0 Å². The van der Waals surface area contributed by atoms with Crippen molar-refractivity contribution in [2.75, 3.05) is 20.1 Å². The molecule has 0 aromatic carbocycles. The van der Waals surface area contributed by atoms with E-state index in [9.17, 15) is 8.42 Å². The predicted octanol–water partition coefficient (Wildman–Crippen LogP) is 2.13. The van der Waals surface area contributed by atoms with Crippen LogP contribution >= 0.6 is 11.3 Å². The molecule has 0 amide bonds. The Labute approximate surface area is 119 Å². The monoisotopic (exact) mass is 302 g/mol. The first-order valence-electron chi connectivity index (χ1n) is 6.66. The zero-order valence-corrected chi connectivity index (χ0v) is 13.4. The third-order valence-electron chi connectivity index (χ3n) is 3.50. The van der Waals surface area contributed by atoms with Crippen molar-refractivity contribution in [2.24, 2.45) is 11.8 Å². The van der Waals surface area contributed by atoms with Gasteiger partial charge in [-0.2, -0.15) is 4.31 Å². The van der Waals surface area contributed by atoms with Crippen molar-refractivity contribution in [1.82, 2.24) is 9.62 Å². The number of nitrogens with zero attached hydrogens (tertiary/aromatic N) is 1. The van der Waals surface area contributed by atoms with Gasteiger partial charge in [-0.15, -0.1) is 11.3 Å². The predicted molar refractivity (Wildman–Crippen MR) is 78.8 cm³/mol. The fraction of sp³-hybridized carbons (Fsp3) is 0.692. The third-order valence-corrected chi connectivity index (χ3v) is 6.46. The summed E-state index contributed by atoms with van der Waals surface area (Å²) in [4.78, 5) is 1.38. The summed E-state index contributed by atoms with van der Waals surface area (Å²) in [6.07, 6.45) is 1.11. The molecule has 1 saturated heterocycles. The second-order valence-electron chi connectivity index (χ2n) is 5.51. The van der Waals surface area contributed by atoms with Gasteiger partial charge in [0, 0.05) is 24.5 Å². The lowest BCUT2D eigenvalue weighted by atomic mass is 9.94. The molecule has 0 aliphatic carbocycles. The zero-order valence-electron chi connectivity index (χ0n) is 11.7. The minimum Gasteiger partial charge on any atom is -0.315 e. The van der Waals surface area contributed by atoms with Crippen LogP contribution in [-0.4, -0.2) is 32.9 Å². The van der Waals surface area contributed by atoms with Crippen LogP contribution in [0.3, 0.4) is 0 Å². The van der Waals surface area contributed by atoms with E-state index in [1.165, 1.54) is 11.3 Å². The lowest BCUT2D eigenvalue weighted by Crippen LogP contribution is -2.42. The maximum Gasteiger partial charge on any atom is 0.244 e. The van der Waals surface area contributed by atoms with Crippen LogP contribution in [0.2, 0.25) is 0 Å². The Balaban J connectivity index is 2.28. The minimum atomic E-state index is -3.33. The van der Waals surface area contributed by atoms with Crippen LogP contribution in [0, 0.1) is 11.8 Å². The highest BCUT2D eigenvalue weighted by Crippen LogP contribution is 2.30. The molecule has 0 radical (unpaired) electrons. The van der Waals surface area contributed by atoms with Gasteiger partial charge in [0.2, 0.25) is 10.0 Å². The molecular formula is C13H22N2O2S2. The average molecular weight is 302 g/mol. The van der Waals surface area contributed by atoms with Gasteiger partial charge in [-0.3, -0.25) is 0 Å². The molecule has 1 aliphatic heterocycles. The van der Waals surface area contributed by atoms with Crippen molar-refractivity contribution in [3.05, 3.63) is 16.3 Å². The van der Waals surface area contributed by atoms with E-state index in [1.807, 2.05) is 12.4 Å². The molecule has 1 aromatic heterocycles. The minimum absolute atomic E-state index is 0.435. The van der Waals surface area contributed by atoms with E-state index < -0.39 is 10.0 Å². The van der Waals surface area contributed by atoms with E-state index in [1.54, 1.807) is 10.4 Å². The highest BCUT2D eigenvalue weighted by molar-refractivity contribution is 7.89. The van der Waals surface area contributed by atoms with Crippen LogP contribution in [0.25, 0.3) is 0 Å². The standard InChI is InChI=1S/C13H22N2O2S2/c1-10-6-11(2)9-15(8-10)19(16,17)13-4-5-18-12(13)7-14-3/h4-5,10-11,14H,6-9H2,1-3H3. The maximum absolute atomic E-state index is 12.7. The van der Waals surface area contributed by atoms with Crippen molar-refractivity contribution in [2.45, 2.75) is 31.7 Å².